The average Bonchev–Trinajstić information content (AvgIpc) is 3.55. The fourth-order valence-electron chi connectivity index (χ4n) is 4.67. The van der Waals surface area contributed by atoms with E-state index in [2.05, 4.69) is 19.7 Å². The fraction of sp³-hybridized carbons (Fsp3) is 0.269. The van der Waals surface area contributed by atoms with Gasteiger partial charge in [0.05, 0.1) is 16.9 Å². The Morgan fingerprint density at radius 3 is 2.62 bits per heavy atom. The van der Waals surface area contributed by atoms with E-state index in [1.54, 1.807) is 31.3 Å². The molecule has 0 saturated carbocycles. The van der Waals surface area contributed by atoms with Crippen molar-refractivity contribution in [3.8, 4) is 11.1 Å². The van der Waals surface area contributed by atoms with E-state index in [1.165, 1.54) is 28.9 Å². The van der Waals surface area contributed by atoms with Gasteiger partial charge in [-0.3, -0.25) is 9.52 Å². The summed E-state index contributed by atoms with van der Waals surface area (Å²) in [6, 6.07) is 9.72. The van der Waals surface area contributed by atoms with E-state index in [1.807, 2.05) is 19.0 Å². The number of nitrogen functional groups attached to an aromatic ring is 1. The summed E-state index contributed by atoms with van der Waals surface area (Å²) in [5.41, 5.74) is 9.57. The van der Waals surface area contributed by atoms with E-state index in [0.29, 0.717) is 58.5 Å². The van der Waals surface area contributed by atoms with Crippen molar-refractivity contribution in [2.24, 2.45) is 0 Å². The highest BCUT2D eigenvalue weighted by Crippen LogP contribution is 2.32. The third-order valence-electron chi connectivity index (χ3n) is 6.94. The van der Waals surface area contributed by atoms with E-state index >= 15 is 0 Å². The topological polar surface area (TPSA) is 126 Å². The minimum atomic E-state index is -3.98. The normalized spacial score (nSPS) is 15.8. The molecule has 39 heavy (non-hydrogen) atoms. The maximum Gasteiger partial charge on any atom is 0.263 e. The number of sulfonamides is 1. The lowest BCUT2D eigenvalue weighted by Crippen LogP contribution is -2.34. The van der Waals surface area contributed by atoms with Crippen molar-refractivity contribution in [3.63, 3.8) is 0 Å². The number of likely N-dealkylation sites (N-methyl/N-ethyl adjacent to an activating group) is 1. The molecule has 13 heteroatoms. The number of likely N-dealkylation sites (tertiary alicyclic amines) is 1. The van der Waals surface area contributed by atoms with Gasteiger partial charge in [0.1, 0.15) is 16.3 Å². The van der Waals surface area contributed by atoms with Crippen molar-refractivity contribution in [3.05, 3.63) is 70.0 Å². The number of carbonyl (C=O) groups excluding carboxylic acids is 1. The molecular weight excluding hydrogens is 561 g/mol. The van der Waals surface area contributed by atoms with Crippen LogP contribution in [-0.2, 0) is 10.0 Å². The predicted octanol–water partition coefficient (Wildman–Crippen LogP) is 4.17. The molecule has 4 aromatic rings. The standard InChI is InChI=1S/C26H27Cl2N7O3S/c1-15-10-16(4-7-22(15)32-39(37,38)23-11-17(27)5-6-21(23)28)19-12-30-25-20(13-31-35(25)24(19)29)26(36)34-9-8-18(14-34)33(2)3/h4-7,10-13,18,32H,8-9,14,29H2,1-3H3. The highest BCUT2D eigenvalue weighted by atomic mass is 35.5. The van der Waals surface area contributed by atoms with Gasteiger partial charge in [0.2, 0.25) is 0 Å². The smallest absolute Gasteiger partial charge is 0.263 e. The monoisotopic (exact) mass is 587 g/mol. The van der Waals surface area contributed by atoms with Gasteiger partial charge >= 0.3 is 0 Å². The number of aromatic nitrogens is 3. The molecule has 0 spiro atoms. The zero-order valence-corrected chi connectivity index (χ0v) is 23.8. The van der Waals surface area contributed by atoms with Crippen LogP contribution in [0.1, 0.15) is 22.3 Å². The molecule has 5 rings (SSSR count). The molecule has 10 nitrogen and oxygen atoms in total. The molecule has 2 aromatic heterocycles. The van der Waals surface area contributed by atoms with Gasteiger partial charge in [-0.15, -0.1) is 0 Å². The first-order chi connectivity index (χ1) is 18.5. The second kappa shape index (κ2) is 10.3. The van der Waals surface area contributed by atoms with Crippen molar-refractivity contribution in [1.82, 2.24) is 24.4 Å². The second-order valence-electron chi connectivity index (χ2n) is 9.72. The first kappa shape index (κ1) is 27.2. The molecule has 204 valence electrons. The molecule has 2 aromatic carbocycles. The summed E-state index contributed by atoms with van der Waals surface area (Å²) >= 11 is 12.1. The number of amides is 1. The fourth-order valence-corrected chi connectivity index (χ4v) is 6.56. The summed E-state index contributed by atoms with van der Waals surface area (Å²) in [7, 11) is 0.0392. The van der Waals surface area contributed by atoms with Crippen LogP contribution in [0, 0.1) is 6.92 Å². The first-order valence-corrected chi connectivity index (χ1v) is 14.4. The summed E-state index contributed by atoms with van der Waals surface area (Å²) in [4.78, 5) is 21.5. The van der Waals surface area contributed by atoms with E-state index < -0.39 is 10.0 Å². The molecule has 1 unspecified atom stereocenters. The molecule has 0 aliphatic carbocycles. The quantitative estimate of drug-likeness (QED) is 0.346. The molecule has 1 atom stereocenters. The minimum absolute atomic E-state index is 0.0626. The molecule has 3 heterocycles. The van der Waals surface area contributed by atoms with Crippen molar-refractivity contribution in [1.29, 1.82) is 0 Å². The summed E-state index contributed by atoms with van der Waals surface area (Å²) < 4.78 is 29.9. The van der Waals surface area contributed by atoms with Gasteiger partial charge in [-0.05, 0) is 68.9 Å². The largest absolute Gasteiger partial charge is 0.383 e. The SMILES string of the molecule is Cc1cc(-c2cnc3c(C(=O)N4CCC(N(C)C)C4)cnn3c2N)ccc1NS(=O)(=O)c1cc(Cl)ccc1Cl. The Kier molecular flexibility index (Phi) is 7.19. The van der Waals surface area contributed by atoms with Crippen LogP contribution in [0.15, 0.2) is 53.7 Å². The zero-order chi connectivity index (χ0) is 28.1. The lowest BCUT2D eigenvalue weighted by molar-refractivity contribution is 0.0784. The number of nitrogens with zero attached hydrogens (tertiary/aromatic N) is 5. The number of hydrogen-bond donors (Lipinski definition) is 2. The van der Waals surface area contributed by atoms with Crippen LogP contribution in [0.5, 0.6) is 0 Å². The third-order valence-corrected chi connectivity index (χ3v) is 9.02. The number of rotatable bonds is 6. The van der Waals surface area contributed by atoms with E-state index in [4.69, 9.17) is 28.9 Å². The molecule has 1 saturated heterocycles. The molecule has 1 fully saturated rings. The molecular formula is C26H27Cl2N7O3S. The van der Waals surface area contributed by atoms with Gasteiger partial charge in [0, 0.05) is 35.9 Å². The Bertz CT molecular complexity index is 1710. The van der Waals surface area contributed by atoms with E-state index in [0.717, 1.165) is 6.42 Å². The number of aryl methyl sites for hydroxylation is 1. The molecule has 1 aliphatic heterocycles. The van der Waals surface area contributed by atoms with Crippen LogP contribution >= 0.6 is 23.2 Å². The molecule has 1 aliphatic rings. The number of halogens is 2. The van der Waals surface area contributed by atoms with Crippen molar-refractivity contribution in [2.45, 2.75) is 24.3 Å². The average molecular weight is 589 g/mol. The molecule has 0 bridgehead atoms. The van der Waals surface area contributed by atoms with Gasteiger partial charge < -0.3 is 15.5 Å². The predicted molar refractivity (Wildman–Crippen MR) is 153 cm³/mol. The number of anilines is 2. The van der Waals surface area contributed by atoms with Gasteiger partial charge in [0.15, 0.2) is 5.65 Å². The zero-order valence-electron chi connectivity index (χ0n) is 21.5. The van der Waals surface area contributed by atoms with Crippen LogP contribution < -0.4 is 10.5 Å². The van der Waals surface area contributed by atoms with E-state index in [-0.39, 0.29) is 20.8 Å². The van der Waals surface area contributed by atoms with Crippen LogP contribution in [0.2, 0.25) is 10.0 Å². The first-order valence-electron chi connectivity index (χ1n) is 12.1. The van der Waals surface area contributed by atoms with Crippen LogP contribution in [0.25, 0.3) is 16.8 Å². The maximum atomic E-state index is 13.2. The Hall–Kier alpha value is -3.38. The Balaban J connectivity index is 1.42. The van der Waals surface area contributed by atoms with E-state index in [9.17, 15) is 13.2 Å². The number of nitrogens with two attached hydrogens (primary N) is 1. The third kappa shape index (κ3) is 5.14. The number of hydrogen-bond acceptors (Lipinski definition) is 7. The number of fused-ring (bicyclic) bond motifs is 1. The number of nitrogens with one attached hydrogen (secondary N) is 1. The number of benzene rings is 2. The summed E-state index contributed by atoms with van der Waals surface area (Å²) in [5.74, 6) is 0.186. The van der Waals surface area contributed by atoms with Crippen molar-refractivity contribution < 1.29 is 13.2 Å². The van der Waals surface area contributed by atoms with Crippen LogP contribution in [-0.4, -0.2) is 71.9 Å². The van der Waals surface area contributed by atoms with Crippen LogP contribution in [0.4, 0.5) is 11.5 Å². The van der Waals surface area contributed by atoms with Gasteiger partial charge in [0.25, 0.3) is 15.9 Å². The lowest BCUT2D eigenvalue weighted by Gasteiger charge is -2.20. The molecule has 1 amide bonds. The minimum Gasteiger partial charge on any atom is -0.383 e. The summed E-state index contributed by atoms with van der Waals surface area (Å²) in [6.45, 7) is 3.09. The van der Waals surface area contributed by atoms with Gasteiger partial charge in [-0.1, -0.05) is 29.3 Å². The van der Waals surface area contributed by atoms with Crippen molar-refractivity contribution in [2.75, 3.05) is 37.6 Å². The van der Waals surface area contributed by atoms with Gasteiger partial charge in [-0.25, -0.2) is 13.4 Å². The Morgan fingerprint density at radius 1 is 1.15 bits per heavy atom. The van der Waals surface area contributed by atoms with Crippen LogP contribution in [0.3, 0.4) is 0 Å². The highest BCUT2D eigenvalue weighted by molar-refractivity contribution is 7.92. The number of carbonyl (C=O) groups is 1. The van der Waals surface area contributed by atoms with Gasteiger partial charge in [-0.2, -0.15) is 9.61 Å². The summed E-state index contributed by atoms with van der Waals surface area (Å²) in [5, 5.41) is 4.66. The second-order valence-corrected chi connectivity index (χ2v) is 12.2. The maximum absolute atomic E-state index is 13.2. The highest BCUT2D eigenvalue weighted by Gasteiger charge is 2.30. The Morgan fingerprint density at radius 2 is 1.92 bits per heavy atom. The Labute approximate surface area is 236 Å². The lowest BCUT2D eigenvalue weighted by atomic mass is 10.0. The molecule has 0 radical (unpaired) electrons. The van der Waals surface area contributed by atoms with Crippen molar-refractivity contribution >= 4 is 56.3 Å². The summed E-state index contributed by atoms with van der Waals surface area (Å²) in [6.07, 6.45) is 4.01. The molecule has 3 N–H and O–H groups in total.